The Hall–Kier alpha value is -2.49. The van der Waals surface area contributed by atoms with Gasteiger partial charge in [-0.3, -0.25) is 19.0 Å². The van der Waals surface area contributed by atoms with Gasteiger partial charge in [0.15, 0.2) is 10.8 Å². The van der Waals surface area contributed by atoms with Crippen molar-refractivity contribution in [3.63, 3.8) is 0 Å². The second-order valence-corrected chi connectivity index (χ2v) is 9.25. The Bertz CT molecular complexity index is 998. The number of amides is 2. The molecule has 1 saturated carbocycles. The van der Waals surface area contributed by atoms with Crippen molar-refractivity contribution < 1.29 is 9.59 Å². The molecule has 162 valence electrons. The second kappa shape index (κ2) is 8.71. The Kier molecular flexibility index (Phi) is 6.03. The van der Waals surface area contributed by atoms with Crippen LogP contribution in [0, 0.1) is 5.92 Å². The molecule has 0 radical (unpaired) electrons. The minimum atomic E-state index is -0.261. The van der Waals surface area contributed by atoms with Crippen LogP contribution in [-0.2, 0) is 16.1 Å². The van der Waals surface area contributed by atoms with E-state index >= 15 is 0 Å². The van der Waals surface area contributed by atoms with E-state index in [1.54, 1.807) is 0 Å². The largest absolute Gasteiger partial charge is 0.353 e. The highest BCUT2D eigenvalue weighted by atomic mass is 32.1. The SMILES string of the molecule is CC[C@H](C)NC(=O)Cn1cnc2nc(N3CCC[C@H](C(=O)NC4CC4)C3)sc2c1=O. The van der Waals surface area contributed by atoms with E-state index in [0.717, 1.165) is 38.6 Å². The molecule has 2 aromatic rings. The minimum absolute atomic E-state index is 0.0553. The maximum Gasteiger partial charge on any atom is 0.273 e. The molecule has 2 fully saturated rings. The van der Waals surface area contributed by atoms with Crippen molar-refractivity contribution in [1.29, 1.82) is 0 Å². The maximum absolute atomic E-state index is 12.8. The molecule has 1 saturated heterocycles. The van der Waals surface area contributed by atoms with Crippen molar-refractivity contribution in [3.8, 4) is 0 Å². The summed E-state index contributed by atoms with van der Waals surface area (Å²) in [6.07, 6.45) is 6.14. The Balaban J connectivity index is 1.49. The lowest BCUT2D eigenvalue weighted by Gasteiger charge is -2.31. The molecule has 2 aliphatic rings. The van der Waals surface area contributed by atoms with Gasteiger partial charge in [0.1, 0.15) is 17.6 Å². The van der Waals surface area contributed by atoms with Crippen molar-refractivity contribution in [3.05, 3.63) is 16.7 Å². The van der Waals surface area contributed by atoms with Crippen molar-refractivity contribution in [2.75, 3.05) is 18.0 Å². The molecule has 0 unspecified atom stereocenters. The Morgan fingerprint density at radius 1 is 1.33 bits per heavy atom. The fourth-order valence-corrected chi connectivity index (χ4v) is 4.58. The van der Waals surface area contributed by atoms with Gasteiger partial charge in [-0.1, -0.05) is 18.3 Å². The number of piperidine rings is 1. The molecule has 0 spiro atoms. The van der Waals surface area contributed by atoms with Gasteiger partial charge in [0.2, 0.25) is 11.8 Å². The lowest BCUT2D eigenvalue weighted by molar-refractivity contribution is -0.125. The Labute approximate surface area is 178 Å². The summed E-state index contributed by atoms with van der Waals surface area (Å²) < 4.78 is 1.76. The third-order valence-electron chi connectivity index (χ3n) is 5.69. The molecule has 10 heteroatoms. The van der Waals surface area contributed by atoms with Crippen LogP contribution in [0.4, 0.5) is 5.13 Å². The van der Waals surface area contributed by atoms with Crippen LogP contribution in [0.1, 0.15) is 46.0 Å². The number of hydrogen-bond acceptors (Lipinski definition) is 7. The molecule has 2 amide bonds. The van der Waals surface area contributed by atoms with Crippen molar-refractivity contribution in [2.45, 2.75) is 64.6 Å². The number of hydrogen-bond donors (Lipinski definition) is 2. The molecule has 30 heavy (non-hydrogen) atoms. The van der Waals surface area contributed by atoms with Gasteiger partial charge in [-0.05, 0) is 39.0 Å². The molecule has 0 aromatic carbocycles. The number of rotatable bonds is 7. The lowest BCUT2D eigenvalue weighted by atomic mass is 9.97. The van der Waals surface area contributed by atoms with Crippen LogP contribution in [0.3, 0.4) is 0 Å². The Morgan fingerprint density at radius 3 is 2.87 bits per heavy atom. The van der Waals surface area contributed by atoms with E-state index in [4.69, 9.17) is 0 Å². The molecular weight excluding hydrogens is 404 g/mol. The molecular formula is C20H28N6O3S. The van der Waals surface area contributed by atoms with Gasteiger partial charge >= 0.3 is 0 Å². The van der Waals surface area contributed by atoms with E-state index in [0.29, 0.717) is 28.1 Å². The van der Waals surface area contributed by atoms with Gasteiger partial charge in [-0.25, -0.2) is 4.98 Å². The zero-order chi connectivity index (χ0) is 21.3. The molecule has 0 bridgehead atoms. The molecule has 1 aliphatic heterocycles. The van der Waals surface area contributed by atoms with Crippen LogP contribution < -0.4 is 21.1 Å². The standard InChI is InChI=1S/C20H28N6O3S/c1-3-12(2)22-15(27)10-26-11-21-17-16(19(26)29)30-20(24-17)25-8-4-5-13(9-25)18(28)23-14-6-7-14/h11-14H,3-10H2,1-2H3,(H,22,27)(H,23,28)/t12-,13-/m0/s1. The molecule has 2 aromatic heterocycles. The van der Waals surface area contributed by atoms with Crippen molar-refractivity contribution in [2.24, 2.45) is 5.92 Å². The first-order valence-corrected chi connectivity index (χ1v) is 11.5. The quantitative estimate of drug-likeness (QED) is 0.682. The zero-order valence-corrected chi connectivity index (χ0v) is 18.2. The summed E-state index contributed by atoms with van der Waals surface area (Å²) in [5.74, 6) is -0.144. The first-order chi connectivity index (χ1) is 14.4. The van der Waals surface area contributed by atoms with Gasteiger partial charge in [0, 0.05) is 25.2 Å². The fourth-order valence-electron chi connectivity index (χ4n) is 3.57. The van der Waals surface area contributed by atoms with Gasteiger partial charge in [-0.15, -0.1) is 0 Å². The monoisotopic (exact) mass is 432 g/mol. The number of carbonyl (C=O) groups is 2. The van der Waals surface area contributed by atoms with Gasteiger partial charge < -0.3 is 15.5 Å². The van der Waals surface area contributed by atoms with E-state index in [2.05, 4.69) is 25.5 Å². The first kappa shape index (κ1) is 20.8. The van der Waals surface area contributed by atoms with Gasteiger partial charge in [0.05, 0.1) is 5.92 Å². The Morgan fingerprint density at radius 2 is 2.13 bits per heavy atom. The first-order valence-electron chi connectivity index (χ1n) is 10.6. The van der Waals surface area contributed by atoms with Crippen LogP contribution >= 0.6 is 11.3 Å². The van der Waals surface area contributed by atoms with E-state index in [9.17, 15) is 14.4 Å². The normalized spacial score (nSPS) is 20.2. The summed E-state index contributed by atoms with van der Waals surface area (Å²) in [5.41, 5.74) is 0.131. The smallest absolute Gasteiger partial charge is 0.273 e. The van der Waals surface area contributed by atoms with E-state index in [1.165, 1.54) is 22.2 Å². The number of carbonyl (C=O) groups excluding carboxylic acids is 2. The molecule has 4 rings (SSSR count). The van der Waals surface area contributed by atoms with Gasteiger partial charge in [0.25, 0.3) is 5.56 Å². The van der Waals surface area contributed by atoms with Crippen LogP contribution in [0.2, 0.25) is 0 Å². The summed E-state index contributed by atoms with van der Waals surface area (Å²) in [5, 5.41) is 6.66. The average Bonchev–Trinajstić information content (AvgIpc) is 3.44. The van der Waals surface area contributed by atoms with E-state index in [1.807, 2.05) is 13.8 Å². The molecule has 3 heterocycles. The predicted molar refractivity (Wildman–Crippen MR) is 116 cm³/mol. The summed E-state index contributed by atoms with van der Waals surface area (Å²) in [6.45, 7) is 5.26. The second-order valence-electron chi connectivity index (χ2n) is 8.27. The maximum atomic E-state index is 12.8. The number of aromatic nitrogens is 3. The third-order valence-corrected chi connectivity index (χ3v) is 6.79. The predicted octanol–water partition coefficient (Wildman–Crippen LogP) is 1.26. The van der Waals surface area contributed by atoms with Crippen LogP contribution in [-0.4, -0.2) is 51.5 Å². The van der Waals surface area contributed by atoms with E-state index < -0.39 is 0 Å². The minimum Gasteiger partial charge on any atom is -0.353 e. The number of nitrogens with one attached hydrogen (secondary N) is 2. The number of thiazole rings is 1. The molecule has 1 aliphatic carbocycles. The van der Waals surface area contributed by atoms with Gasteiger partial charge in [-0.2, -0.15) is 4.98 Å². The van der Waals surface area contributed by atoms with Crippen molar-refractivity contribution >= 4 is 38.6 Å². The number of anilines is 1. The molecule has 9 nitrogen and oxygen atoms in total. The highest BCUT2D eigenvalue weighted by Gasteiger charge is 2.31. The third kappa shape index (κ3) is 4.63. The zero-order valence-electron chi connectivity index (χ0n) is 17.4. The van der Waals surface area contributed by atoms with Crippen LogP contribution in [0.25, 0.3) is 10.3 Å². The average molecular weight is 433 g/mol. The highest BCUT2D eigenvalue weighted by Crippen LogP contribution is 2.30. The number of fused-ring (bicyclic) bond motifs is 1. The highest BCUT2D eigenvalue weighted by molar-refractivity contribution is 7.22. The number of nitrogens with zero attached hydrogens (tertiary/aromatic N) is 4. The summed E-state index contributed by atoms with van der Waals surface area (Å²) in [4.78, 5) is 48.3. The van der Waals surface area contributed by atoms with E-state index in [-0.39, 0.29) is 35.9 Å². The van der Waals surface area contributed by atoms with Crippen LogP contribution in [0.15, 0.2) is 11.1 Å². The molecule has 2 atom stereocenters. The fraction of sp³-hybridized carbons (Fsp3) is 0.650. The summed E-state index contributed by atoms with van der Waals surface area (Å²) in [7, 11) is 0. The summed E-state index contributed by atoms with van der Waals surface area (Å²) >= 11 is 1.29. The topological polar surface area (TPSA) is 109 Å². The summed E-state index contributed by atoms with van der Waals surface area (Å²) in [6, 6.07) is 0.416. The van der Waals surface area contributed by atoms with Crippen LogP contribution in [0.5, 0.6) is 0 Å². The molecule has 2 N–H and O–H groups in total. The lowest BCUT2D eigenvalue weighted by Crippen LogP contribution is -2.43. The van der Waals surface area contributed by atoms with Crippen molar-refractivity contribution in [1.82, 2.24) is 25.2 Å².